The minimum Gasteiger partial charge on any atom is -0.328 e. The monoisotopic (exact) mass is 194 g/mol. The Kier molecular flexibility index (Phi) is 3.98. The van der Waals surface area contributed by atoms with Gasteiger partial charge in [0.15, 0.2) is 0 Å². The normalized spacial score (nSPS) is 13.2. The van der Waals surface area contributed by atoms with Crippen LogP contribution in [-0.4, -0.2) is 35.0 Å². The van der Waals surface area contributed by atoms with Crippen LogP contribution in [0.4, 0.5) is 0 Å². The second kappa shape index (κ2) is 5.02. The highest BCUT2D eigenvalue weighted by molar-refractivity contribution is 5.06. The summed E-state index contributed by atoms with van der Waals surface area (Å²) in [6.45, 7) is 2.76. The van der Waals surface area contributed by atoms with Crippen LogP contribution in [0.5, 0.6) is 0 Å². The molecule has 0 spiro atoms. The molecule has 0 amide bonds. The van der Waals surface area contributed by atoms with E-state index in [1.54, 1.807) is 0 Å². The molecule has 4 nitrogen and oxygen atoms in total. The Balaban J connectivity index is 2.59. The lowest BCUT2D eigenvalue weighted by Crippen LogP contribution is -2.18. The third-order valence-electron chi connectivity index (χ3n) is 1.77. The molecular weight excluding hydrogens is 176 g/mol. The van der Waals surface area contributed by atoms with Crippen molar-refractivity contribution in [2.75, 3.05) is 14.1 Å². The van der Waals surface area contributed by atoms with E-state index in [-0.39, 0.29) is 6.04 Å². The van der Waals surface area contributed by atoms with Crippen molar-refractivity contribution in [3.63, 3.8) is 0 Å². The van der Waals surface area contributed by atoms with Crippen LogP contribution in [0.15, 0.2) is 12.4 Å². The van der Waals surface area contributed by atoms with Crippen molar-refractivity contribution in [1.82, 2.24) is 14.9 Å². The summed E-state index contributed by atoms with van der Waals surface area (Å²) < 4.78 is 0. The van der Waals surface area contributed by atoms with Crippen molar-refractivity contribution in [1.29, 1.82) is 0 Å². The second-order valence-electron chi connectivity index (χ2n) is 3.93. The average molecular weight is 194 g/mol. The molecule has 2 N–H and O–H groups in total. The molecular formula is C10H18N4. The lowest BCUT2D eigenvalue weighted by Gasteiger charge is -2.08. The first kappa shape index (κ1) is 11.1. The highest BCUT2D eigenvalue weighted by Gasteiger charge is 2.01. The lowest BCUT2D eigenvalue weighted by molar-refractivity contribution is 0.390. The Morgan fingerprint density at radius 3 is 2.36 bits per heavy atom. The standard InChI is InChI=1S/C10H18N4/c1-8(11)4-9-5-12-10(13-6-9)7-14(2)3/h5-6,8H,4,7,11H2,1-3H3. The molecule has 14 heavy (non-hydrogen) atoms. The smallest absolute Gasteiger partial charge is 0.142 e. The van der Waals surface area contributed by atoms with Gasteiger partial charge in [-0.1, -0.05) is 0 Å². The molecule has 0 aliphatic carbocycles. The first-order valence-electron chi connectivity index (χ1n) is 4.78. The zero-order valence-corrected chi connectivity index (χ0v) is 9.07. The van der Waals surface area contributed by atoms with Crippen LogP contribution in [0.3, 0.4) is 0 Å². The van der Waals surface area contributed by atoms with Gasteiger partial charge in [0.05, 0.1) is 6.54 Å². The van der Waals surface area contributed by atoms with Crippen molar-refractivity contribution in [2.24, 2.45) is 5.73 Å². The minimum atomic E-state index is 0.165. The molecule has 1 heterocycles. The van der Waals surface area contributed by atoms with E-state index in [4.69, 9.17) is 5.73 Å². The van der Waals surface area contributed by atoms with Gasteiger partial charge >= 0.3 is 0 Å². The lowest BCUT2D eigenvalue weighted by atomic mass is 10.1. The van der Waals surface area contributed by atoms with E-state index in [0.29, 0.717) is 0 Å². The maximum absolute atomic E-state index is 5.68. The zero-order chi connectivity index (χ0) is 10.6. The average Bonchev–Trinajstić information content (AvgIpc) is 2.06. The van der Waals surface area contributed by atoms with Crippen molar-refractivity contribution < 1.29 is 0 Å². The molecule has 78 valence electrons. The van der Waals surface area contributed by atoms with Gasteiger partial charge in [-0.3, -0.25) is 0 Å². The maximum atomic E-state index is 5.68. The first-order valence-corrected chi connectivity index (χ1v) is 4.78. The predicted molar refractivity (Wildman–Crippen MR) is 56.8 cm³/mol. The van der Waals surface area contributed by atoms with E-state index in [1.807, 2.05) is 38.3 Å². The van der Waals surface area contributed by atoms with Crippen molar-refractivity contribution >= 4 is 0 Å². The Labute approximate surface area is 85.2 Å². The van der Waals surface area contributed by atoms with E-state index >= 15 is 0 Å². The molecule has 0 radical (unpaired) electrons. The van der Waals surface area contributed by atoms with Gasteiger partial charge in [0.25, 0.3) is 0 Å². The van der Waals surface area contributed by atoms with Crippen molar-refractivity contribution in [3.8, 4) is 0 Å². The number of hydrogen-bond acceptors (Lipinski definition) is 4. The van der Waals surface area contributed by atoms with Gasteiger partial charge in [-0.2, -0.15) is 0 Å². The third-order valence-corrected chi connectivity index (χ3v) is 1.77. The van der Waals surface area contributed by atoms with Gasteiger partial charge in [-0.15, -0.1) is 0 Å². The Bertz CT molecular complexity index is 237. The highest BCUT2D eigenvalue weighted by atomic mass is 15.1. The molecule has 0 saturated carbocycles. The summed E-state index contributed by atoms with van der Waals surface area (Å²) in [6, 6.07) is 0.165. The van der Waals surface area contributed by atoms with Crippen LogP contribution in [0.2, 0.25) is 0 Å². The molecule has 1 unspecified atom stereocenters. The third kappa shape index (κ3) is 3.81. The maximum Gasteiger partial charge on any atom is 0.142 e. The first-order chi connectivity index (χ1) is 6.58. The van der Waals surface area contributed by atoms with Crippen LogP contribution < -0.4 is 5.73 Å². The molecule has 0 saturated heterocycles. The van der Waals surface area contributed by atoms with Crippen LogP contribution >= 0.6 is 0 Å². The summed E-state index contributed by atoms with van der Waals surface area (Å²) in [5, 5.41) is 0. The highest BCUT2D eigenvalue weighted by Crippen LogP contribution is 2.00. The summed E-state index contributed by atoms with van der Waals surface area (Å²) in [7, 11) is 4.00. The summed E-state index contributed by atoms with van der Waals surface area (Å²) in [5.41, 5.74) is 6.78. The number of nitrogens with zero attached hydrogens (tertiary/aromatic N) is 3. The van der Waals surface area contributed by atoms with E-state index in [1.165, 1.54) is 0 Å². The van der Waals surface area contributed by atoms with Gasteiger partial charge in [-0.25, -0.2) is 9.97 Å². The van der Waals surface area contributed by atoms with Gasteiger partial charge in [0.1, 0.15) is 5.82 Å². The summed E-state index contributed by atoms with van der Waals surface area (Å²) in [4.78, 5) is 10.6. The van der Waals surface area contributed by atoms with E-state index in [0.717, 1.165) is 24.4 Å². The number of hydrogen-bond donors (Lipinski definition) is 1. The minimum absolute atomic E-state index is 0.165. The molecule has 0 fully saturated rings. The van der Waals surface area contributed by atoms with Crippen LogP contribution in [0, 0.1) is 0 Å². The Morgan fingerprint density at radius 2 is 1.93 bits per heavy atom. The van der Waals surface area contributed by atoms with E-state index in [2.05, 4.69) is 9.97 Å². The van der Waals surface area contributed by atoms with Crippen molar-refractivity contribution in [2.45, 2.75) is 25.9 Å². The number of rotatable bonds is 4. The Morgan fingerprint density at radius 1 is 1.36 bits per heavy atom. The predicted octanol–water partition coefficient (Wildman–Crippen LogP) is 0.428. The van der Waals surface area contributed by atoms with Crippen molar-refractivity contribution in [3.05, 3.63) is 23.8 Å². The SMILES string of the molecule is CC(N)Cc1cnc(CN(C)C)nc1. The molecule has 1 aromatic rings. The molecule has 1 rings (SSSR count). The summed E-state index contributed by atoms with van der Waals surface area (Å²) >= 11 is 0. The fourth-order valence-electron chi connectivity index (χ4n) is 1.22. The van der Waals surface area contributed by atoms with Gasteiger partial charge in [0, 0.05) is 18.4 Å². The molecule has 4 heteroatoms. The Hall–Kier alpha value is -1.00. The molecule has 0 aliphatic heterocycles. The zero-order valence-electron chi connectivity index (χ0n) is 9.07. The van der Waals surface area contributed by atoms with E-state index in [9.17, 15) is 0 Å². The molecule has 0 bridgehead atoms. The summed E-state index contributed by atoms with van der Waals surface area (Å²) in [6.07, 6.45) is 4.55. The van der Waals surface area contributed by atoms with E-state index < -0.39 is 0 Å². The number of nitrogens with two attached hydrogens (primary N) is 1. The second-order valence-corrected chi connectivity index (χ2v) is 3.93. The summed E-state index contributed by atoms with van der Waals surface area (Å²) in [5.74, 6) is 0.850. The van der Waals surface area contributed by atoms with Crippen LogP contribution in [0.25, 0.3) is 0 Å². The van der Waals surface area contributed by atoms with Gasteiger partial charge < -0.3 is 10.6 Å². The van der Waals surface area contributed by atoms with Crippen LogP contribution in [-0.2, 0) is 13.0 Å². The fourth-order valence-corrected chi connectivity index (χ4v) is 1.22. The molecule has 1 atom stereocenters. The quantitative estimate of drug-likeness (QED) is 0.755. The molecule has 0 aromatic carbocycles. The topological polar surface area (TPSA) is 55.0 Å². The molecule has 1 aromatic heterocycles. The molecule has 0 aliphatic rings. The number of aromatic nitrogens is 2. The van der Waals surface area contributed by atoms with Gasteiger partial charge in [-0.05, 0) is 33.0 Å². The van der Waals surface area contributed by atoms with Gasteiger partial charge in [0.2, 0.25) is 0 Å². The van der Waals surface area contributed by atoms with Crippen LogP contribution in [0.1, 0.15) is 18.3 Å². The largest absolute Gasteiger partial charge is 0.328 e. The fraction of sp³-hybridized carbons (Fsp3) is 0.600.